The fraction of sp³-hybridized carbons (Fsp3) is 0.238. The van der Waals surface area contributed by atoms with Crippen molar-refractivity contribution in [3.63, 3.8) is 0 Å². The lowest BCUT2D eigenvalue weighted by Crippen LogP contribution is -2.24. The zero-order valence-electron chi connectivity index (χ0n) is 15.1. The molecule has 0 aliphatic rings. The summed E-state index contributed by atoms with van der Waals surface area (Å²) in [5, 5.41) is 15.0. The number of carbonyl (C=O) groups excluding carboxylic acids is 2. The van der Waals surface area contributed by atoms with Crippen LogP contribution in [0.2, 0.25) is 0 Å². The van der Waals surface area contributed by atoms with Crippen molar-refractivity contribution in [2.45, 2.75) is 33.7 Å². The summed E-state index contributed by atoms with van der Waals surface area (Å²) in [4.78, 5) is 27.6. The van der Waals surface area contributed by atoms with Gasteiger partial charge in [0.1, 0.15) is 11.4 Å². The summed E-state index contributed by atoms with van der Waals surface area (Å²) >= 11 is 0. The molecule has 3 rings (SSSR count). The van der Waals surface area contributed by atoms with Crippen LogP contribution in [-0.4, -0.2) is 21.8 Å². The summed E-state index contributed by atoms with van der Waals surface area (Å²) < 4.78 is 0. The van der Waals surface area contributed by atoms with Crippen molar-refractivity contribution in [3.8, 4) is 5.75 Å². The van der Waals surface area contributed by atoms with Crippen LogP contribution in [0.25, 0.3) is 10.8 Å². The maximum Gasteiger partial charge on any atom is 0.268 e. The van der Waals surface area contributed by atoms with Crippen LogP contribution in [0.15, 0.2) is 36.4 Å². The number of aromatic hydroxyl groups is 1. The largest absolute Gasteiger partial charge is 0.508 e. The number of nitrogens with one attached hydrogen (secondary N) is 2. The van der Waals surface area contributed by atoms with Gasteiger partial charge in [-0.05, 0) is 42.7 Å². The Balaban J connectivity index is 1.90. The Kier molecular flexibility index (Phi) is 4.80. The first-order valence-corrected chi connectivity index (χ1v) is 8.64. The normalized spacial score (nSPS) is 10.9. The van der Waals surface area contributed by atoms with Crippen LogP contribution >= 0.6 is 0 Å². The highest BCUT2D eigenvalue weighted by Crippen LogP contribution is 2.27. The number of H-pyrrole nitrogens is 1. The van der Waals surface area contributed by atoms with E-state index in [9.17, 15) is 14.7 Å². The van der Waals surface area contributed by atoms with Gasteiger partial charge in [-0.15, -0.1) is 0 Å². The molecular formula is C21H22N2O3. The molecule has 0 saturated heterocycles. The third-order valence-electron chi connectivity index (χ3n) is 4.67. The first-order chi connectivity index (χ1) is 12.4. The lowest BCUT2D eigenvalue weighted by Gasteiger charge is -2.11. The van der Waals surface area contributed by atoms with Crippen molar-refractivity contribution in [1.82, 2.24) is 10.3 Å². The Morgan fingerprint density at radius 1 is 1.12 bits per heavy atom. The van der Waals surface area contributed by atoms with Crippen molar-refractivity contribution in [1.29, 1.82) is 0 Å². The van der Waals surface area contributed by atoms with Gasteiger partial charge >= 0.3 is 0 Å². The minimum atomic E-state index is -0.287. The number of amides is 1. The summed E-state index contributed by atoms with van der Waals surface area (Å²) in [6.07, 6.45) is 0.585. The second-order valence-corrected chi connectivity index (χ2v) is 6.36. The van der Waals surface area contributed by atoms with Gasteiger partial charge in [-0.1, -0.05) is 37.3 Å². The molecular weight excluding hydrogens is 328 g/mol. The highest BCUT2D eigenvalue weighted by atomic mass is 16.3. The molecule has 0 bridgehead atoms. The van der Waals surface area contributed by atoms with Crippen LogP contribution in [-0.2, 0) is 13.0 Å². The zero-order valence-corrected chi connectivity index (χ0v) is 15.1. The third kappa shape index (κ3) is 3.08. The van der Waals surface area contributed by atoms with Gasteiger partial charge in [0, 0.05) is 23.4 Å². The molecule has 26 heavy (non-hydrogen) atoms. The molecule has 1 aromatic heterocycles. The predicted molar refractivity (Wildman–Crippen MR) is 102 cm³/mol. The van der Waals surface area contributed by atoms with Crippen LogP contribution in [0, 0.1) is 6.92 Å². The van der Waals surface area contributed by atoms with Crippen LogP contribution in [0.1, 0.15) is 51.5 Å². The number of aromatic nitrogens is 1. The minimum Gasteiger partial charge on any atom is -0.508 e. The van der Waals surface area contributed by atoms with E-state index in [2.05, 4.69) is 10.3 Å². The maximum atomic E-state index is 12.7. The van der Waals surface area contributed by atoms with Crippen LogP contribution in [0.3, 0.4) is 0 Å². The van der Waals surface area contributed by atoms with Gasteiger partial charge in [-0.3, -0.25) is 9.59 Å². The molecule has 3 aromatic rings. The number of aromatic amines is 1. The molecule has 0 fully saturated rings. The maximum absolute atomic E-state index is 12.7. The highest BCUT2D eigenvalue weighted by Gasteiger charge is 2.21. The average Bonchev–Trinajstić information content (AvgIpc) is 2.97. The summed E-state index contributed by atoms with van der Waals surface area (Å²) in [5.41, 5.74) is 3.10. The van der Waals surface area contributed by atoms with E-state index in [4.69, 9.17) is 0 Å². The number of Topliss-reactive ketones (excluding diaryl/α,β-unsaturated/α-hetero) is 1. The number of carbonyl (C=O) groups is 2. The number of ketones is 1. The number of aryl methyl sites for hydroxylation is 1. The van der Waals surface area contributed by atoms with E-state index in [0.717, 1.165) is 16.3 Å². The van der Waals surface area contributed by atoms with Crippen molar-refractivity contribution < 1.29 is 14.7 Å². The number of phenolic OH excluding ortho intramolecular Hbond substituents is 1. The summed E-state index contributed by atoms with van der Waals surface area (Å²) in [6, 6.07) is 11.2. The van der Waals surface area contributed by atoms with Gasteiger partial charge in [0.25, 0.3) is 5.91 Å². The molecule has 2 aromatic carbocycles. The van der Waals surface area contributed by atoms with E-state index in [1.807, 2.05) is 37.3 Å². The molecule has 3 N–H and O–H groups in total. The Hall–Kier alpha value is -3.08. The Bertz CT molecular complexity index is 1000. The quantitative estimate of drug-likeness (QED) is 0.611. The molecule has 1 heterocycles. The second-order valence-electron chi connectivity index (χ2n) is 6.36. The first-order valence-electron chi connectivity index (χ1n) is 8.64. The van der Waals surface area contributed by atoms with Gasteiger partial charge in [-0.2, -0.15) is 0 Å². The first kappa shape index (κ1) is 17.7. The summed E-state index contributed by atoms with van der Waals surface area (Å²) in [7, 11) is 0. The molecule has 0 spiro atoms. The van der Waals surface area contributed by atoms with E-state index in [-0.39, 0.29) is 24.0 Å². The van der Waals surface area contributed by atoms with Crippen molar-refractivity contribution in [2.24, 2.45) is 0 Å². The van der Waals surface area contributed by atoms with Gasteiger partial charge in [0.05, 0.1) is 0 Å². The summed E-state index contributed by atoms with van der Waals surface area (Å²) in [6.45, 7) is 5.42. The standard InChI is InChI=1S/C21H22N2O3/c1-4-15-19(13(3)24)12(2)23-20(15)21(26)22-11-17-16-8-6-5-7-14(16)9-10-18(17)25/h5-10,23,25H,4,11H2,1-3H3,(H,22,26). The van der Waals surface area contributed by atoms with Gasteiger partial charge < -0.3 is 15.4 Å². The molecule has 0 aliphatic heterocycles. The fourth-order valence-electron chi connectivity index (χ4n) is 3.47. The lowest BCUT2D eigenvalue weighted by molar-refractivity contribution is 0.0945. The van der Waals surface area contributed by atoms with Crippen molar-refractivity contribution >= 4 is 22.5 Å². The molecule has 1 amide bonds. The molecule has 0 radical (unpaired) electrons. The third-order valence-corrected chi connectivity index (χ3v) is 4.67. The number of hydrogen-bond acceptors (Lipinski definition) is 3. The number of benzene rings is 2. The lowest BCUT2D eigenvalue weighted by atomic mass is 10.0. The Labute approximate surface area is 152 Å². The molecule has 0 atom stereocenters. The van der Waals surface area contributed by atoms with E-state index in [1.54, 1.807) is 13.0 Å². The molecule has 0 saturated carbocycles. The molecule has 5 nitrogen and oxygen atoms in total. The smallest absolute Gasteiger partial charge is 0.268 e. The SMILES string of the molecule is CCc1c(C(=O)NCc2c(O)ccc3ccccc23)[nH]c(C)c1C(C)=O. The van der Waals surface area contributed by atoms with Crippen LogP contribution in [0.4, 0.5) is 0 Å². The fourth-order valence-corrected chi connectivity index (χ4v) is 3.47. The number of fused-ring (bicyclic) bond motifs is 1. The Morgan fingerprint density at radius 2 is 1.85 bits per heavy atom. The summed E-state index contributed by atoms with van der Waals surface area (Å²) in [5.74, 6) is -0.196. The monoisotopic (exact) mass is 350 g/mol. The zero-order chi connectivity index (χ0) is 18.8. The Morgan fingerprint density at radius 3 is 2.54 bits per heavy atom. The highest BCUT2D eigenvalue weighted by molar-refractivity contribution is 6.02. The average molecular weight is 350 g/mol. The van der Waals surface area contributed by atoms with Crippen molar-refractivity contribution in [3.05, 3.63) is 64.5 Å². The van der Waals surface area contributed by atoms with Crippen molar-refractivity contribution in [2.75, 3.05) is 0 Å². The second kappa shape index (κ2) is 7.04. The molecule has 0 unspecified atom stereocenters. The minimum absolute atomic E-state index is 0.0543. The number of hydrogen-bond donors (Lipinski definition) is 3. The topological polar surface area (TPSA) is 82.2 Å². The molecule has 0 aliphatic carbocycles. The molecule has 134 valence electrons. The molecule has 5 heteroatoms. The van der Waals surface area contributed by atoms with E-state index >= 15 is 0 Å². The van der Waals surface area contributed by atoms with E-state index in [0.29, 0.717) is 28.9 Å². The predicted octanol–water partition coefficient (Wildman–Crippen LogP) is 3.88. The van der Waals surface area contributed by atoms with Crippen LogP contribution < -0.4 is 5.32 Å². The number of rotatable bonds is 5. The van der Waals surface area contributed by atoms with E-state index < -0.39 is 0 Å². The van der Waals surface area contributed by atoms with Gasteiger partial charge in [0.2, 0.25) is 0 Å². The van der Waals surface area contributed by atoms with Gasteiger partial charge in [-0.25, -0.2) is 0 Å². The van der Waals surface area contributed by atoms with E-state index in [1.165, 1.54) is 6.92 Å². The van der Waals surface area contributed by atoms with Gasteiger partial charge in [0.15, 0.2) is 5.78 Å². The van der Waals surface area contributed by atoms with Crippen LogP contribution in [0.5, 0.6) is 5.75 Å². The number of phenols is 1.